The van der Waals surface area contributed by atoms with Gasteiger partial charge in [-0.15, -0.1) is 0 Å². The molecule has 3 saturated heterocycles. The van der Waals surface area contributed by atoms with Crippen LogP contribution in [0.3, 0.4) is 0 Å². The molecule has 3 fully saturated rings. The highest BCUT2D eigenvalue weighted by atomic mass is 35.5. The minimum Gasteiger partial charge on any atom is -0.388 e. The van der Waals surface area contributed by atoms with Crippen LogP contribution < -0.4 is 10.6 Å². The molecular weight excluding hydrogens is 418 g/mol. The van der Waals surface area contributed by atoms with Gasteiger partial charge in [0.25, 0.3) is 5.91 Å². The van der Waals surface area contributed by atoms with Crippen LogP contribution in [0, 0.1) is 5.92 Å². The molecule has 1 aromatic carbocycles. The summed E-state index contributed by atoms with van der Waals surface area (Å²) in [6.45, 7) is 5.15. The fourth-order valence-electron chi connectivity index (χ4n) is 5.16. The second-order valence-electron chi connectivity index (χ2n) is 9.30. The first-order chi connectivity index (χ1) is 14.8. The number of hydrogen-bond donors (Lipinski definition) is 3. The summed E-state index contributed by atoms with van der Waals surface area (Å²) in [5.74, 6) is -0.230. The molecule has 3 N–H and O–H groups in total. The van der Waals surface area contributed by atoms with Crippen LogP contribution in [-0.4, -0.2) is 71.9 Å². The van der Waals surface area contributed by atoms with E-state index in [0.29, 0.717) is 49.5 Å². The van der Waals surface area contributed by atoms with Crippen LogP contribution >= 0.6 is 11.6 Å². The highest BCUT2D eigenvalue weighted by Gasteiger charge is 2.53. The van der Waals surface area contributed by atoms with Crippen LogP contribution in [0.15, 0.2) is 24.3 Å². The number of carbonyl (C=O) groups is 2. The molecule has 31 heavy (non-hydrogen) atoms. The summed E-state index contributed by atoms with van der Waals surface area (Å²) in [4.78, 5) is 27.6. The molecule has 2 atom stereocenters. The van der Waals surface area contributed by atoms with Crippen molar-refractivity contribution >= 4 is 23.4 Å². The Morgan fingerprint density at radius 1 is 1.16 bits per heavy atom. The number of nitrogens with zero attached hydrogens (tertiary/aromatic N) is 1. The van der Waals surface area contributed by atoms with Gasteiger partial charge in [-0.2, -0.15) is 0 Å². The minimum absolute atomic E-state index is 0.0322. The van der Waals surface area contributed by atoms with Crippen molar-refractivity contribution in [1.82, 2.24) is 15.5 Å². The first-order valence-electron chi connectivity index (χ1n) is 11.2. The Bertz CT molecular complexity index is 798. The Morgan fingerprint density at radius 3 is 2.45 bits per heavy atom. The molecule has 8 heteroatoms. The Morgan fingerprint density at radius 2 is 1.81 bits per heavy atom. The number of carbonyl (C=O) groups excluding carboxylic acids is 2. The standard InChI is InChI=1S/C23H32ClN3O4/c1-22(10-15-31-23(21(22)30)8-11-25-12-9-23)26-19(28)16-6-13-27(14-7-16)20(29)17-2-4-18(24)5-3-17/h2-5,16,21,25,30H,6-15H2,1H3,(H,26,28)/t21-,22+/m0/s1. The summed E-state index contributed by atoms with van der Waals surface area (Å²) in [7, 11) is 0. The first-order valence-corrected chi connectivity index (χ1v) is 11.6. The zero-order valence-electron chi connectivity index (χ0n) is 18.0. The van der Waals surface area contributed by atoms with Gasteiger partial charge in [0, 0.05) is 36.2 Å². The van der Waals surface area contributed by atoms with Gasteiger partial charge in [0.2, 0.25) is 5.91 Å². The van der Waals surface area contributed by atoms with Crippen molar-refractivity contribution in [3.63, 3.8) is 0 Å². The number of benzene rings is 1. The van der Waals surface area contributed by atoms with E-state index in [1.807, 2.05) is 6.92 Å². The Labute approximate surface area is 188 Å². The van der Waals surface area contributed by atoms with Crippen molar-refractivity contribution < 1.29 is 19.4 Å². The molecule has 0 aliphatic carbocycles. The van der Waals surface area contributed by atoms with E-state index >= 15 is 0 Å². The third-order valence-corrected chi connectivity index (χ3v) is 7.47. The van der Waals surface area contributed by atoms with Crippen LogP contribution in [-0.2, 0) is 9.53 Å². The number of aliphatic hydroxyl groups is 1. The van der Waals surface area contributed by atoms with Crippen molar-refractivity contribution in [3.05, 3.63) is 34.9 Å². The number of halogens is 1. The molecule has 3 aliphatic rings. The molecule has 2 amide bonds. The van der Waals surface area contributed by atoms with Gasteiger partial charge in [0.1, 0.15) is 6.10 Å². The molecule has 170 valence electrons. The van der Waals surface area contributed by atoms with Crippen LogP contribution in [0.1, 0.15) is 49.4 Å². The molecule has 0 bridgehead atoms. The zero-order chi connectivity index (χ0) is 22.1. The molecule has 0 unspecified atom stereocenters. The van der Waals surface area contributed by atoms with Crippen molar-refractivity contribution in [3.8, 4) is 0 Å². The molecule has 3 aliphatic heterocycles. The number of amides is 2. The van der Waals surface area contributed by atoms with Gasteiger partial charge in [-0.3, -0.25) is 9.59 Å². The second-order valence-corrected chi connectivity index (χ2v) is 9.73. The first kappa shape index (κ1) is 22.5. The van der Waals surface area contributed by atoms with Gasteiger partial charge in [-0.05, 0) is 76.4 Å². The monoisotopic (exact) mass is 449 g/mol. The molecule has 4 rings (SSSR count). The lowest BCUT2D eigenvalue weighted by atomic mass is 9.73. The van der Waals surface area contributed by atoms with Gasteiger partial charge < -0.3 is 25.4 Å². The van der Waals surface area contributed by atoms with Gasteiger partial charge in [0.15, 0.2) is 0 Å². The number of rotatable bonds is 3. The van der Waals surface area contributed by atoms with Gasteiger partial charge in [-0.25, -0.2) is 0 Å². The largest absolute Gasteiger partial charge is 0.388 e. The van der Waals surface area contributed by atoms with E-state index in [0.717, 1.165) is 25.9 Å². The smallest absolute Gasteiger partial charge is 0.253 e. The zero-order valence-corrected chi connectivity index (χ0v) is 18.8. The van der Waals surface area contributed by atoms with Gasteiger partial charge >= 0.3 is 0 Å². The third-order valence-electron chi connectivity index (χ3n) is 7.22. The minimum atomic E-state index is -0.744. The van der Waals surface area contributed by atoms with E-state index in [1.165, 1.54) is 0 Å². The van der Waals surface area contributed by atoms with E-state index in [4.69, 9.17) is 16.3 Å². The third kappa shape index (κ3) is 4.60. The second kappa shape index (κ2) is 9.06. The van der Waals surface area contributed by atoms with Gasteiger partial charge in [-0.1, -0.05) is 11.6 Å². The summed E-state index contributed by atoms with van der Waals surface area (Å²) in [5.41, 5.74) is -0.680. The number of likely N-dealkylation sites (tertiary alicyclic amines) is 1. The molecule has 3 heterocycles. The molecule has 0 saturated carbocycles. The van der Waals surface area contributed by atoms with Crippen molar-refractivity contribution in [2.24, 2.45) is 5.92 Å². The highest BCUT2D eigenvalue weighted by molar-refractivity contribution is 6.30. The summed E-state index contributed by atoms with van der Waals surface area (Å²) in [6, 6.07) is 6.88. The summed E-state index contributed by atoms with van der Waals surface area (Å²) in [5, 5.41) is 18.2. The lowest BCUT2D eigenvalue weighted by molar-refractivity contribution is -0.200. The Kier molecular flexibility index (Phi) is 6.58. The van der Waals surface area contributed by atoms with Crippen LogP contribution in [0.5, 0.6) is 0 Å². The Hall–Kier alpha value is -1.67. The number of nitrogens with one attached hydrogen (secondary N) is 2. The molecule has 1 aromatic rings. The SMILES string of the molecule is C[C@@]1(NC(=O)C2CCN(C(=O)c3ccc(Cl)cc3)CC2)CCOC2(CCNCC2)[C@H]1O. The maximum absolute atomic E-state index is 13.1. The normalized spacial score (nSPS) is 29.0. The fraction of sp³-hybridized carbons (Fsp3) is 0.652. The predicted molar refractivity (Wildman–Crippen MR) is 118 cm³/mol. The van der Waals surface area contributed by atoms with Crippen molar-refractivity contribution in [1.29, 1.82) is 0 Å². The number of hydrogen-bond acceptors (Lipinski definition) is 5. The number of aliphatic hydroxyl groups excluding tert-OH is 1. The molecule has 0 aromatic heterocycles. The fourth-order valence-corrected chi connectivity index (χ4v) is 5.29. The van der Waals surface area contributed by atoms with Crippen LogP contribution in [0.4, 0.5) is 0 Å². The molecule has 0 radical (unpaired) electrons. The number of piperidine rings is 2. The van der Waals surface area contributed by atoms with E-state index in [-0.39, 0.29) is 17.7 Å². The summed E-state index contributed by atoms with van der Waals surface area (Å²) < 4.78 is 6.04. The van der Waals surface area contributed by atoms with Crippen molar-refractivity contribution in [2.45, 2.75) is 56.3 Å². The lowest BCUT2D eigenvalue weighted by Crippen LogP contribution is -2.69. The van der Waals surface area contributed by atoms with Crippen LogP contribution in [0.25, 0.3) is 0 Å². The average Bonchev–Trinajstić information content (AvgIpc) is 2.78. The Balaban J connectivity index is 1.34. The maximum Gasteiger partial charge on any atom is 0.253 e. The number of ether oxygens (including phenoxy) is 1. The summed E-state index contributed by atoms with van der Waals surface area (Å²) >= 11 is 5.91. The molecular formula is C23H32ClN3O4. The van der Waals surface area contributed by atoms with E-state index in [1.54, 1.807) is 29.2 Å². The van der Waals surface area contributed by atoms with E-state index in [9.17, 15) is 14.7 Å². The quantitative estimate of drug-likeness (QED) is 0.656. The molecule has 1 spiro atoms. The van der Waals surface area contributed by atoms with E-state index < -0.39 is 17.2 Å². The average molecular weight is 450 g/mol. The van der Waals surface area contributed by atoms with Gasteiger partial charge in [0.05, 0.1) is 11.1 Å². The van der Waals surface area contributed by atoms with E-state index in [2.05, 4.69) is 10.6 Å². The van der Waals surface area contributed by atoms with Crippen LogP contribution in [0.2, 0.25) is 5.02 Å². The summed E-state index contributed by atoms with van der Waals surface area (Å²) in [6.07, 6.45) is 2.55. The predicted octanol–water partition coefficient (Wildman–Crippen LogP) is 1.97. The topological polar surface area (TPSA) is 90.9 Å². The maximum atomic E-state index is 13.1. The highest BCUT2D eigenvalue weighted by Crippen LogP contribution is 2.39. The van der Waals surface area contributed by atoms with Crippen molar-refractivity contribution in [2.75, 3.05) is 32.8 Å². The molecule has 7 nitrogen and oxygen atoms in total. The lowest BCUT2D eigenvalue weighted by Gasteiger charge is -2.52.